The zero-order valence-corrected chi connectivity index (χ0v) is 11.4. The van der Waals surface area contributed by atoms with Crippen LogP contribution >= 0.6 is 0 Å². The highest BCUT2D eigenvalue weighted by atomic mass is 19.2. The molecular formula is C15H12F4N2O. The maximum atomic E-state index is 14.5. The van der Waals surface area contributed by atoms with Gasteiger partial charge in [-0.25, -0.2) is 17.6 Å². The average Bonchev–Trinajstić information content (AvgIpc) is 2.86. The molecule has 22 heavy (non-hydrogen) atoms. The Bertz CT molecular complexity index is 801. The molecule has 2 aliphatic heterocycles. The van der Waals surface area contributed by atoms with Crippen LogP contribution in [0.2, 0.25) is 0 Å². The lowest BCUT2D eigenvalue weighted by Crippen LogP contribution is -2.43. The van der Waals surface area contributed by atoms with Crippen molar-refractivity contribution in [3.05, 3.63) is 34.8 Å². The maximum absolute atomic E-state index is 14.5. The second-order valence-electron chi connectivity index (χ2n) is 5.78. The Morgan fingerprint density at radius 3 is 2.77 bits per heavy atom. The van der Waals surface area contributed by atoms with E-state index in [4.69, 9.17) is 0 Å². The van der Waals surface area contributed by atoms with Gasteiger partial charge in [-0.05, 0) is 12.8 Å². The first-order chi connectivity index (χ1) is 10.5. The Hall–Kier alpha value is -2.05. The molecule has 0 radical (unpaired) electrons. The molecule has 3 heterocycles. The van der Waals surface area contributed by atoms with Gasteiger partial charge in [0, 0.05) is 29.1 Å². The van der Waals surface area contributed by atoms with E-state index in [2.05, 4.69) is 4.98 Å². The highest BCUT2D eigenvalue weighted by Gasteiger charge is 2.41. The lowest BCUT2D eigenvalue weighted by Gasteiger charge is -2.40. The highest BCUT2D eigenvalue weighted by Crippen LogP contribution is 2.45. The molecule has 2 aliphatic rings. The highest BCUT2D eigenvalue weighted by molar-refractivity contribution is 5.87. The number of rotatable bonds is 0. The quantitative estimate of drug-likeness (QED) is 0.585. The smallest absolute Gasteiger partial charge is 0.223 e. The molecule has 1 aromatic carbocycles. The molecule has 1 fully saturated rings. The summed E-state index contributed by atoms with van der Waals surface area (Å²) >= 11 is 0. The summed E-state index contributed by atoms with van der Waals surface area (Å²) < 4.78 is 55.4. The van der Waals surface area contributed by atoms with Crippen molar-refractivity contribution >= 4 is 16.8 Å². The fourth-order valence-electron chi connectivity index (χ4n) is 3.61. The second kappa shape index (κ2) is 4.47. The van der Waals surface area contributed by atoms with Crippen LogP contribution in [0.4, 0.5) is 17.6 Å². The van der Waals surface area contributed by atoms with E-state index in [1.165, 1.54) is 4.90 Å². The number of hydrogen-bond acceptors (Lipinski definition) is 1. The lowest BCUT2D eigenvalue weighted by molar-refractivity contribution is -0.138. The van der Waals surface area contributed by atoms with Gasteiger partial charge in [-0.3, -0.25) is 4.79 Å². The molecule has 0 spiro atoms. The van der Waals surface area contributed by atoms with Crippen molar-refractivity contribution in [1.29, 1.82) is 0 Å². The maximum Gasteiger partial charge on any atom is 0.223 e. The number of aromatic amines is 1. The van der Waals surface area contributed by atoms with E-state index in [-0.39, 0.29) is 35.0 Å². The number of benzene rings is 1. The number of nitrogens with one attached hydrogen (secondary N) is 1. The first-order valence-electron chi connectivity index (χ1n) is 7.11. The molecule has 2 atom stereocenters. The number of alkyl halides is 1. The number of H-pyrrole nitrogens is 1. The predicted octanol–water partition coefficient (Wildman–Crippen LogP) is 3.66. The third-order valence-corrected chi connectivity index (χ3v) is 4.56. The summed E-state index contributed by atoms with van der Waals surface area (Å²) in [7, 11) is 0. The average molecular weight is 312 g/mol. The Morgan fingerprint density at radius 2 is 2.00 bits per heavy atom. The van der Waals surface area contributed by atoms with E-state index >= 15 is 0 Å². The normalized spacial score (nSPS) is 24.5. The van der Waals surface area contributed by atoms with Crippen LogP contribution in [0.5, 0.6) is 0 Å². The van der Waals surface area contributed by atoms with Crippen LogP contribution in [-0.2, 0) is 4.79 Å². The molecule has 116 valence electrons. The number of amides is 1. The van der Waals surface area contributed by atoms with Gasteiger partial charge >= 0.3 is 0 Å². The van der Waals surface area contributed by atoms with Crippen molar-refractivity contribution in [1.82, 2.24) is 9.88 Å². The van der Waals surface area contributed by atoms with E-state index in [9.17, 15) is 22.4 Å². The molecule has 0 aliphatic carbocycles. The van der Waals surface area contributed by atoms with Crippen LogP contribution in [0.3, 0.4) is 0 Å². The molecule has 1 amide bonds. The SMILES string of the molecule is O=C1CCC[C@H]2c3[nH]c4cc(F)c(F)c(F)c4c3[C@@H](F)CN12. The van der Waals surface area contributed by atoms with E-state index in [1.54, 1.807) is 0 Å². The van der Waals surface area contributed by atoms with E-state index in [1.807, 2.05) is 0 Å². The molecule has 1 aromatic heterocycles. The van der Waals surface area contributed by atoms with Gasteiger partial charge in [-0.1, -0.05) is 0 Å². The van der Waals surface area contributed by atoms with Crippen molar-refractivity contribution in [2.75, 3.05) is 6.54 Å². The van der Waals surface area contributed by atoms with Crippen molar-refractivity contribution in [3.8, 4) is 0 Å². The minimum absolute atomic E-state index is 0.0161. The first kappa shape index (κ1) is 13.6. The van der Waals surface area contributed by atoms with Gasteiger partial charge in [0.15, 0.2) is 17.5 Å². The molecule has 0 saturated carbocycles. The number of carbonyl (C=O) groups is 1. The number of hydrogen-bond donors (Lipinski definition) is 1. The van der Waals surface area contributed by atoms with Gasteiger partial charge in [-0.2, -0.15) is 0 Å². The number of nitrogens with zero attached hydrogens (tertiary/aromatic N) is 1. The molecule has 1 saturated heterocycles. The number of fused-ring (bicyclic) bond motifs is 5. The van der Waals surface area contributed by atoms with Crippen molar-refractivity contribution in [2.45, 2.75) is 31.5 Å². The third kappa shape index (κ3) is 1.65. The van der Waals surface area contributed by atoms with Crippen LogP contribution in [0.1, 0.15) is 42.7 Å². The van der Waals surface area contributed by atoms with Gasteiger partial charge in [0.25, 0.3) is 0 Å². The summed E-state index contributed by atoms with van der Waals surface area (Å²) in [4.78, 5) is 16.1. The summed E-state index contributed by atoms with van der Waals surface area (Å²) in [6, 6.07) is 0.439. The first-order valence-corrected chi connectivity index (χ1v) is 7.11. The van der Waals surface area contributed by atoms with Gasteiger partial charge in [0.1, 0.15) is 6.17 Å². The topological polar surface area (TPSA) is 36.1 Å². The van der Waals surface area contributed by atoms with Crippen LogP contribution in [0.25, 0.3) is 10.9 Å². The molecule has 2 aromatic rings. The van der Waals surface area contributed by atoms with Gasteiger partial charge in [0.05, 0.1) is 18.1 Å². The molecule has 0 unspecified atom stereocenters. The minimum Gasteiger partial charge on any atom is -0.356 e. The Balaban J connectivity index is 2.00. The summed E-state index contributed by atoms with van der Waals surface area (Å²) in [6.07, 6.45) is -0.000453. The number of aromatic nitrogens is 1. The van der Waals surface area contributed by atoms with Gasteiger partial charge in [-0.15, -0.1) is 0 Å². The standard InChI is InChI=1S/C15H12F4N2O/c16-6-4-8-12(14(19)13(6)18)11-7(17)5-21-9(15(11)20-8)2-1-3-10(21)22/h4,7,9,20H,1-3,5H2/t7-,9-/m0/s1. The van der Waals surface area contributed by atoms with Crippen molar-refractivity contribution < 1.29 is 22.4 Å². The van der Waals surface area contributed by atoms with E-state index < -0.39 is 23.6 Å². The molecule has 7 heteroatoms. The fraction of sp³-hybridized carbons (Fsp3) is 0.400. The summed E-state index contributed by atoms with van der Waals surface area (Å²) in [6.45, 7) is -0.179. The fourth-order valence-corrected chi connectivity index (χ4v) is 3.61. The molecule has 4 rings (SSSR count). The van der Waals surface area contributed by atoms with Gasteiger partial charge in [0.2, 0.25) is 5.91 Å². The molecular weight excluding hydrogens is 300 g/mol. The Labute approximate surface area is 122 Å². The van der Waals surface area contributed by atoms with Crippen molar-refractivity contribution in [2.24, 2.45) is 0 Å². The third-order valence-electron chi connectivity index (χ3n) is 4.56. The lowest BCUT2D eigenvalue weighted by atomic mass is 9.89. The van der Waals surface area contributed by atoms with Crippen molar-refractivity contribution in [3.63, 3.8) is 0 Å². The Kier molecular flexibility index (Phi) is 2.76. The monoisotopic (exact) mass is 312 g/mol. The summed E-state index contributed by atoms with van der Waals surface area (Å²) in [5.74, 6) is -4.47. The van der Waals surface area contributed by atoms with Crippen LogP contribution in [0.15, 0.2) is 6.07 Å². The minimum atomic E-state index is -1.62. The molecule has 0 bridgehead atoms. The zero-order valence-electron chi connectivity index (χ0n) is 11.4. The van der Waals surface area contributed by atoms with Crippen LogP contribution in [-0.4, -0.2) is 22.3 Å². The number of halogens is 4. The summed E-state index contributed by atoms with van der Waals surface area (Å²) in [5.41, 5.74) is 0.386. The Morgan fingerprint density at radius 1 is 1.23 bits per heavy atom. The second-order valence-corrected chi connectivity index (χ2v) is 5.78. The largest absolute Gasteiger partial charge is 0.356 e. The summed E-state index contributed by atoms with van der Waals surface area (Å²) in [5, 5.41) is -0.251. The number of piperidine rings is 1. The number of carbonyl (C=O) groups excluding carboxylic acids is 1. The molecule has 1 N–H and O–H groups in total. The zero-order chi connectivity index (χ0) is 15.6. The van der Waals surface area contributed by atoms with E-state index in [0.29, 0.717) is 25.0 Å². The van der Waals surface area contributed by atoms with Crippen LogP contribution in [0, 0.1) is 17.5 Å². The molecule has 3 nitrogen and oxygen atoms in total. The predicted molar refractivity (Wildman–Crippen MR) is 70.3 cm³/mol. The van der Waals surface area contributed by atoms with E-state index in [0.717, 1.165) is 6.07 Å². The van der Waals surface area contributed by atoms with Gasteiger partial charge < -0.3 is 9.88 Å². The van der Waals surface area contributed by atoms with Crippen LogP contribution < -0.4 is 0 Å².